The van der Waals surface area contributed by atoms with E-state index >= 15 is 0 Å². The number of ketones is 1. The van der Waals surface area contributed by atoms with Crippen LogP contribution in [0, 0.1) is 45.3 Å². The molecule has 3 saturated carbocycles. The quantitative estimate of drug-likeness (QED) is 0.448. The van der Waals surface area contributed by atoms with Crippen LogP contribution in [0.5, 0.6) is 0 Å². The number of fused-ring (bicyclic) bond motifs is 5. The van der Waals surface area contributed by atoms with Crippen LogP contribution in [0.25, 0.3) is 0 Å². The second-order valence-corrected chi connectivity index (χ2v) is 14.5. The van der Waals surface area contributed by atoms with Crippen LogP contribution in [0.15, 0.2) is 11.6 Å². The van der Waals surface area contributed by atoms with Crippen molar-refractivity contribution in [2.45, 2.75) is 125 Å². The maximum Gasteiger partial charge on any atom is 0.138 e. The molecule has 4 aliphatic carbocycles. The van der Waals surface area contributed by atoms with Crippen LogP contribution >= 0.6 is 0 Å². The van der Waals surface area contributed by atoms with Crippen molar-refractivity contribution in [3.05, 3.63) is 11.6 Å². The highest BCUT2D eigenvalue weighted by Gasteiger charge is 2.65. The normalized spacial score (nSPS) is 44.4. The molecule has 9 atom stereocenters. The Morgan fingerprint density at radius 2 is 1.71 bits per heavy atom. The summed E-state index contributed by atoms with van der Waals surface area (Å²) in [6.07, 6.45) is 8.46. The maximum atomic E-state index is 12.8. The molecule has 3 N–H and O–H groups in total. The minimum atomic E-state index is -1.31. The summed E-state index contributed by atoms with van der Waals surface area (Å²) in [5.74, 6) is 2.19. The summed E-state index contributed by atoms with van der Waals surface area (Å²) in [6, 6.07) is 0. The van der Waals surface area contributed by atoms with Gasteiger partial charge in [0.25, 0.3) is 0 Å². The molecule has 4 nitrogen and oxygen atoms in total. The van der Waals surface area contributed by atoms with E-state index in [0.717, 1.165) is 25.7 Å². The average molecular weight is 475 g/mol. The topological polar surface area (TPSA) is 77.8 Å². The van der Waals surface area contributed by atoms with Crippen molar-refractivity contribution in [3.8, 4) is 0 Å². The molecule has 0 bridgehead atoms. The summed E-state index contributed by atoms with van der Waals surface area (Å²) < 4.78 is 0. The van der Waals surface area contributed by atoms with Gasteiger partial charge in [-0.05, 0) is 98.7 Å². The van der Waals surface area contributed by atoms with Crippen LogP contribution in [-0.4, -0.2) is 38.9 Å². The SMILES string of the molecule is C[C@@H](C[C@@H](O)[C@H](O)C(C)(C)O)[C@@H]1CC[C@]2(C)C3=CC[C@@H]4C(C)(C)C(=O)CC[C@]4(C)[C@H]3CC[C@@]12C. The van der Waals surface area contributed by atoms with E-state index < -0.39 is 17.8 Å². The molecule has 0 unspecified atom stereocenters. The Hall–Kier alpha value is -0.710. The van der Waals surface area contributed by atoms with Crippen molar-refractivity contribution in [3.63, 3.8) is 0 Å². The molecule has 194 valence electrons. The number of aliphatic hydroxyl groups is 3. The van der Waals surface area contributed by atoms with Crippen LogP contribution < -0.4 is 0 Å². The summed E-state index contributed by atoms with van der Waals surface area (Å²) in [5.41, 5.74) is 0.630. The molecule has 4 aliphatic rings. The van der Waals surface area contributed by atoms with Gasteiger partial charge < -0.3 is 15.3 Å². The third kappa shape index (κ3) is 3.60. The summed E-state index contributed by atoms with van der Waals surface area (Å²) in [5, 5.41) is 31.3. The molecule has 0 aromatic rings. The van der Waals surface area contributed by atoms with Crippen molar-refractivity contribution in [2.75, 3.05) is 0 Å². The van der Waals surface area contributed by atoms with Gasteiger partial charge >= 0.3 is 0 Å². The lowest BCUT2D eigenvalue weighted by Crippen LogP contribution is -2.57. The smallest absolute Gasteiger partial charge is 0.138 e. The van der Waals surface area contributed by atoms with Crippen LogP contribution in [0.4, 0.5) is 0 Å². The van der Waals surface area contributed by atoms with Crippen LogP contribution in [0.2, 0.25) is 0 Å². The number of aliphatic hydroxyl groups excluding tert-OH is 2. The standard InChI is InChI=1S/C30H50O4/c1-18(17-22(31)25(33)27(4,5)34)19-11-15-30(8)21-9-10-23-26(2,3)24(32)13-14-28(23,6)20(21)12-16-29(19,30)7/h9,18-20,22-23,25,31,33-34H,10-17H2,1-8H3/t18-,19-,20-,22+,23+,25-,28+,29-,30+/m0/s1. The van der Waals surface area contributed by atoms with Gasteiger partial charge in [-0.15, -0.1) is 0 Å². The molecule has 0 saturated heterocycles. The van der Waals surface area contributed by atoms with Crippen LogP contribution in [-0.2, 0) is 4.79 Å². The molecular formula is C30H50O4. The Balaban J connectivity index is 1.60. The molecule has 3 fully saturated rings. The Kier molecular flexibility index (Phi) is 6.32. The molecule has 34 heavy (non-hydrogen) atoms. The maximum absolute atomic E-state index is 12.8. The van der Waals surface area contributed by atoms with Gasteiger partial charge in [0.05, 0.1) is 11.7 Å². The Bertz CT molecular complexity index is 852. The zero-order valence-corrected chi connectivity index (χ0v) is 22.9. The van der Waals surface area contributed by atoms with Gasteiger partial charge in [0.2, 0.25) is 0 Å². The average Bonchev–Trinajstić information content (AvgIpc) is 3.01. The van der Waals surface area contributed by atoms with Gasteiger partial charge in [-0.25, -0.2) is 0 Å². The Labute approximate surface area is 207 Å². The highest BCUT2D eigenvalue weighted by atomic mass is 16.4. The Morgan fingerprint density at radius 3 is 2.32 bits per heavy atom. The monoisotopic (exact) mass is 474 g/mol. The minimum Gasteiger partial charge on any atom is -0.390 e. The first-order valence-electron chi connectivity index (χ1n) is 13.8. The predicted molar refractivity (Wildman–Crippen MR) is 136 cm³/mol. The largest absolute Gasteiger partial charge is 0.390 e. The van der Waals surface area contributed by atoms with E-state index in [1.54, 1.807) is 19.4 Å². The van der Waals surface area contributed by atoms with E-state index in [4.69, 9.17) is 0 Å². The van der Waals surface area contributed by atoms with Crippen molar-refractivity contribution in [1.29, 1.82) is 0 Å². The lowest BCUT2D eigenvalue weighted by molar-refractivity contribution is -0.146. The summed E-state index contributed by atoms with van der Waals surface area (Å²) >= 11 is 0. The molecule has 4 rings (SSSR count). The molecule has 0 spiro atoms. The molecule has 0 aromatic carbocycles. The predicted octanol–water partition coefficient (Wildman–Crippen LogP) is 5.68. The number of carbonyl (C=O) groups excluding carboxylic acids is 1. The van der Waals surface area contributed by atoms with E-state index in [0.29, 0.717) is 30.0 Å². The zero-order valence-electron chi connectivity index (χ0n) is 22.9. The van der Waals surface area contributed by atoms with Crippen molar-refractivity contribution >= 4 is 5.78 Å². The van der Waals surface area contributed by atoms with Crippen molar-refractivity contribution in [1.82, 2.24) is 0 Å². The highest BCUT2D eigenvalue weighted by molar-refractivity contribution is 5.85. The van der Waals surface area contributed by atoms with Crippen LogP contribution in [0.3, 0.4) is 0 Å². The van der Waals surface area contributed by atoms with Crippen molar-refractivity contribution in [2.24, 2.45) is 45.3 Å². The molecule has 0 amide bonds. The number of allylic oxidation sites excluding steroid dienone is 2. The van der Waals surface area contributed by atoms with E-state index in [1.807, 2.05) is 0 Å². The summed E-state index contributed by atoms with van der Waals surface area (Å²) in [6.45, 7) is 17.2. The zero-order chi connectivity index (χ0) is 25.5. The van der Waals surface area contributed by atoms with Crippen LogP contribution in [0.1, 0.15) is 107 Å². The van der Waals surface area contributed by atoms with Gasteiger partial charge in [0.15, 0.2) is 0 Å². The number of hydrogen-bond acceptors (Lipinski definition) is 4. The van der Waals surface area contributed by atoms with Gasteiger partial charge in [-0.3, -0.25) is 4.79 Å². The highest BCUT2D eigenvalue weighted by Crippen LogP contribution is 2.73. The number of hydrogen-bond donors (Lipinski definition) is 3. The van der Waals surface area contributed by atoms with E-state index in [2.05, 4.69) is 47.6 Å². The molecule has 0 aliphatic heterocycles. The lowest BCUT2D eigenvalue weighted by atomic mass is 9.41. The molecule has 0 aromatic heterocycles. The van der Waals surface area contributed by atoms with E-state index in [-0.39, 0.29) is 27.6 Å². The van der Waals surface area contributed by atoms with E-state index in [9.17, 15) is 20.1 Å². The van der Waals surface area contributed by atoms with Gasteiger partial charge in [0.1, 0.15) is 11.9 Å². The number of carbonyl (C=O) groups is 1. The fourth-order valence-electron chi connectivity index (χ4n) is 9.61. The first-order chi connectivity index (χ1) is 15.5. The van der Waals surface area contributed by atoms with Gasteiger partial charge in [-0.2, -0.15) is 0 Å². The fourth-order valence-corrected chi connectivity index (χ4v) is 9.61. The first kappa shape index (κ1) is 26.4. The van der Waals surface area contributed by atoms with Gasteiger partial charge in [-0.1, -0.05) is 53.2 Å². The molecule has 4 heteroatoms. The second-order valence-electron chi connectivity index (χ2n) is 14.5. The third-order valence-corrected chi connectivity index (χ3v) is 12.0. The number of rotatable bonds is 5. The Morgan fingerprint density at radius 1 is 1.06 bits per heavy atom. The molecule has 0 radical (unpaired) electrons. The molecular weight excluding hydrogens is 424 g/mol. The van der Waals surface area contributed by atoms with Gasteiger partial charge in [0, 0.05) is 11.8 Å². The summed E-state index contributed by atoms with van der Waals surface area (Å²) in [4.78, 5) is 12.8. The number of Topliss-reactive ketones (excluding diaryl/α,β-unsaturated/α-hetero) is 1. The first-order valence-corrected chi connectivity index (χ1v) is 13.8. The minimum absolute atomic E-state index is 0.147. The third-order valence-electron chi connectivity index (χ3n) is 12.0. The summed E-state index contributed by atoms with van der Waals surface area (Å²) in [7, 11) is 0. The molecule has 0 heterocycles. The van der Waals surface area contributed by atoms with Crippen molar-refractivity contribution < 1.29 is 20.1 Å². The van der Waals surface area contributed by atoms with E-state index in [1.165, 1.54) is 19.3 Å². The second kappa shape index (κ2) is 8.15. The lowest BCUT2D eigenvalue weighted by Gasteiger charge is -2.63. The fraction of sp³-hybridized carbons (Fsp3) is 0.900.